The Bertz CT molecular complexity index is 354. The summed E-state index contributed by atoms with van der Waals surface area (Å²) in [6, 6.07) is -0.300. The molecule has 0 aliphatic heterocycles. The number of rotatable bonds is 6. The fraction of sp³-hybridized carbons (Fsp3) is 0.875. The lowest BCUT2D eigenvalue weighted by Crippen LogP contribution is -2.43. The number of aliphatic carboxylic acids is 1. The van der Waals surface area contributed by atoms with Gasteiger partial charge in [0.25, 0.3) is 0 Å². The van der Waals surface area contributed by atoms with Crippen LogP contribution in [-0.4, -0.2) is 30.2 Å². The standard InChI is InChI=1S/C16H32N2O3/c1-11(16(5,6)7)9-17-14(21)18-10-12(13(19)20)8-15(2,3)4/h11-12H,8-10H2,1-7H3,(H,19,20)(H2,17,18,21). The fourth-order valence-corrected chi connectivity index (χ4v) is 1.82. The number of carboxylic acids is 1. The molecule has 0 saturated carbocycles. The monoisotopic (exact) mass is 300 g/mol. The van der Waals surface area contributed by atoms with Gasteiger partial charge in [-0.1, -0.05) is 48.5 Å². The second kappa shape index (κ2) is 7.66. The van der Waals surface area contributed by atoms with Crippen molar-refractivity contribution >= 4 is 12.0 Å². The topological polar surface area (TPSA) is 78.4 Å². The summed E-state index contributed by atoms with van der Waals surface area (Å²) in [5.41, 5.74) is 0.0467. The third-order valence-electron chi connectivity index (χ3n) is 3.76. The molecule has 2 atom stereocenters. The number of hydrogen-bond donors (Lipinski definition) is 3. The van der Waals surface area contributed by atoms with Crippen molar-refractivity contribution in [2.24, 2.45) is 22.7 Å². The van der Waals surface area contributed by atoms with Crippen LogP contribution in [0.25, 0.3) is 0 Å². The summed E-state index contributed by atoms with van der Waals surface area (Å²) in [5, 5.41) is 14.7. The highest BCUT2D eigenvalue weighted by Crippen LogP contribution is 2.25. The maximum Gasteiger partial charge on any atom is 0.314 e. The van der Waals surface area contributed by atoms with E-state index in [9.17, 15) is 14.7 Å². The van der Waals surface area contributed by atoms with Gasteiger partial charge >= 0.3 is 12.0 Å². The molecule has 124 valence electrons. The highest BCUT2D eigenvalue weighted by molar-refractivity contribution is 5.75. The predicted octanol–water partition coefficient (Wildman–Crippen LogP) is 3.10. The molecular weight excluding hydrogens is 268 g/mol. The maximum absolute atomic E-state index is 11.8. The highest BCUT2D eigenvalue weighted by atomic mass is 16.4. The van der Waals surface area contributed by atoms with Crippen molar-refractivity contribution in [1.82, 2.24) is 10.6 Å². The first-order valence-corrected chi connectivity index (χ1v) is 7.57. The first-order valence-electron chi connectivity index (χ1n) is 7.57. The second-order valence-electron chi connectivity index (χ2n) is 8.16. The van der Waals surface area contributed by atoms with E-state index in [1.165, 1.54) is 0 Å². The van der Waals surface area contributed by atoms with E-state index < -0.39 is 11.9 Å². The zero-order valence-corrected chi connectivity index (χ0v) is 14.5. The molecule has 5 heteroatoms. The lowest BCUT2D eigenvalue weighted by atomic mass is 9.82. The van der Waals surface area contributed by atoms with Crippen molar-refractivity contribution in [1.29, 1.82) is 0 Å². The van der Waals surface area contributed by atoms with Gasteiger partial charge in [0.15, 0.2) is 0 Å². The highest BCUT2D eigenvalue weighted by Gasteiger charge is 2.25. The summed E-state index contributed by atoms with van der Waals surface area (Å²) in [6.07, 6.45) is 0.529. The Morgan fingerprint density at radius 2 is 1.48 bits per heavy atom. The normalized spacial score (nSPS) is 15.2. The third kappa shape index (κ3) is 9.32. The Morgan fingerprint density at radius 3 is 1.86 bits per heavy atom. The zero-order valence-electron chi connectivity index (χ0n) is 14.5. The van der Waals surface area contributed by atoms with Gasteiger partial charge in [-0.2, -0.15) is 0 Å². The zero-order chi connectivity index (χ0) is 16.8. The van der Waals surface area contributed by atoms with E-state index in [0.717, 1.165) is 0 Å². The SMILES string of the molecule is CC(CNC(=O)NCC(CC(C)(C)C)C(=O)O)C(C)(C)C. The minimum atomic E-state index is -0.867. The van der Waals surface area contributed by atoms with E-state index in [-0.39, 0.29) is 23.4 Å². The van der Waals surface area contributed by atoms with Crippen LogP contribution in [-0.2, 0) is 4.79 Å². The number of carbonyl (C=O) groups excluding carboxylic acids is 1. The van der Waals surface area contributed by atoms with Gasteiger partial charge in [0.2, 0.25) is 0 Å². The maximum atomic E-state index is 11.8. The number of amides is 2. The predicted molar refractivity (Wildman–Crippen MR) is 85.2 cm³/mol. The first kappa shape index (κ1) is 19.7. The summed E-state index contributed by atoms with van der Waals surface area (Å²) >= 11 is 0. The molecule has 3 N–H and O–H groups in total. The largest absolute Gasteiger partial charge is 0.481 e. The second-order valence-corrected chi connectivity index (χ2v) is 8.16. The average Bonchev–Trinajstić information content (AvgIpc) is 2.28. The lowest BCUT2D eigenvalue weighted by molar-refractivity contribution is -0.142. The molecule has 0 rings (SSSR count). The molecule has 0 fully saturated rings. The van der Waals surface area contributed by atoms with Gasteiger partial charge in [-0.15, -0.1) is 0 Å². The Labute approximate surface area is 128 Å². The van der Waals surface area contributed by atoms with Crippen LogP contribution >= 0.6 is 0 Å². The smallest absolute Gasteiger partial charge is 0.314 e. The van der Waals surface area contributed by atoms with E-state index >= 15 is 0 Å². The van der Waals surface area contributed by atoms with Crippen LogP contribution in [0, 0.1) is 22.7 Å². The molecule has 0 radical (unpaired) electrons. The Balaban J connectivity index is 4.24. The van der Waals surface area contributed by atoms with E-state index in [4.69, 9.17) is 0 Å². The van der Waals surface area contributed by atoms with Crippen molar-refractivity contribution in [3.8, 4) is 0 Å². The fourth-order valence-electron chi connectivity index (χ4n) is 1.82. The first-order chi connectivity index (χ1) is 9.33. The number of carbonyl (C=O) groups is 2. The van der Waals surface area contributed by atoms with Crippen LogP contribution in [0.1, 0.15) is 54.9 Å². The van der Waals surface area contributed by atoms with E-state index in [0.29, 0.717) is 18.9 Å². The molecule has 0 aliphatic carbocycles. The lowest BCUT2D eigenvalue weighted by Gasteiger charge is -2.27. The van der Waals surface area contributed by atoms with Gasteiger partial charge in [0.05, 0.1) is 5.92 Å². The van der Waals surface area contributed by atoms with Crippen LogP contribution < -0.4 is 10.6 Å². The minimum Gasteiger partial charge on any atom is -0.481 e. The van der Waals surface area contributed by atoms with Gasteiger partial charge in [0, 0.05) is 13.1 Å². The number of nitrogens with one attached hydrogen (secondary N) is 2. The molecule has 5 nitrogen and oxygen atoms in total. The molecule has 0 bridgehead atoms. The van der Waals surface area contributed by atoms with Crippen LogP contribution in [0.15, 0.2) is 0 Å². The molecule has 2 unspecified atom stereocenters. The van der Waals surface area contributed by atoms with E-state index in [1.807, 2.05) is 20.8 Å². The Hall–Kier alpha value is -1.26. The summed E-state index contributed by atoms with van der Waals surface area (Å²) in [6.45, 7) is 15.2. The van der Waals surface area contributed by atoms with Crippen LogP contribution in [0.3, 0.4) is 0 Å². The summed E-state index contributed by atoms with van der Waals surface area (Å²) in [7, 11) is 0. The quantitative estimate of drug-likeness (QED) is 0.705. The van der Waals surface area contributed by atoms with Crippen LogP contribution in [0.5, 0.6) is 0 Å². The Morgan fingerprint density at radius 1 is 1.00 bits per heavy atom. The van der Waals surface area contributed by atoms with Crippen LogP contribution in [0.4, 0.5) is 4.79 Å². The molecule has 0 aliphatic rings. The van der Waals surface area contributed by atoms with E-state index in [1.54, 1.807) is 0 Å². The van der Waals surface area contributed by atoms with Crippen molar-refractivity contribution < 1.29 is 14.7 Å². The molecule has 0 saturated heterocycles. The van der Waals surface area contributed by atoms with Crippen LogP contribution in [0.2, 0.25) is 0 Å². The van der Waals surface area contributed by atoms with Crippen molar-refractivity contribution in [3.05, 3.63) is 0 Å². The van der Waals surface area contributed by atoms with Gasteiger partial charge in [0.1, 0.15) is 0 Å². The molecule has 0 aromatic carbocycles. The molecule has 0 aromatic rings. The molecular formula is C16H32N2O3. The van der Waals surface area contributed by atoms with Gasteiger partial charge in [-0.05, 0) is 23.2 Å². The average molecular weight is 300 g/mol. The molecule has 0 aromatic heterocycles. The number of carboxylic acid groups (broad SMARTS) is 1. The van der Waals surface area contributed by atoms with E-state index in [2.05, 4.69) is 38.3 Å². The van der Waals surface area contributed by atoms with Gasteiger partial charge in [-0.3, -0.25) is 4.79 Å². The van der Waals surface area contributed by atoms with Crippen molar-refractivity contribution in [2.45, 2.75) is 54.9 Å². The number of hydrogen-bond acceptors (Lipinski definition) is 2. The summed E-state index contributed by atoms with van der Waals surface area (Å²) in [4.78, 5) is 23.0. The summed E-state index contributed by atoms with van der Waals surface area (Å²) < 4.78 is 0. The molecule has 21 heavy (non-hydrogen) atoms. The van der Waals surface area contributed by atoms with Gasteiger partial charge < -0.3 is 15.7 Å². The van der Waals surface area contributed by atoms with Crippen molar-refractivity contribution in [3.63, 3.8) is 0 Å². The number of urea groups is 1. The van der Waals surface area contributed by atoms with Gasteiger partial charge in [-0.25, -0.2) is 4.79 Å². The van der Waals surface area contributed by atoms with Crippen molar-refractivity contribution in [2.75, 3.05) is 13.1 Å². The minimum absolute atomic E-state index is 0.0814. The molecule has 0 spiro atoms. The molecule has 0 heterocycles. The summed E-state index contributed by atoms with van der Waals surface area (Å²) in [5.74, 6) is -1.09. The third-order valence-corrected chi connectivity index (χ3v) is 3.76. The Kier molecular flexibility index (Phi) is 7.20. The molecule has 2 amide bonds.